The molecule has 0 radical (unpaired) electrons. The molecule has 5 heteroatoms. The second-order valence-electron chi connectivity index (χ2n) is 5.42. The van der Waals surface area contributed by atoms with Crippen molar-refractivity contribution in [2.24, 2.45) is 0 Å². The number of benzene rings is 1. The first-order valence-corrected chi connectivity index (χ1v) is 7.63. The largest absolute Gasteiger partial charge is 0.352 e. The minimum atomic E-state index is -0.281. The lowest BCUT2D eigenvalue weighted by molar-refractivity contribution is 0.0953. The molecule has 0 atom stereocenters. The molecule has 0 aliphatic heterocycles. The van der Waals surface area contributed by atoms with Crippen molar-refractivity contribution in [3.63, 3.8) is 0 Å². The maximum Gasteiger partial charge on any atom is 0.257 e. The Labute approximate surface area is 136 Å². The summed E-state index contributed by atoms with van der Waals surface area (Å²) in [6.07, 6.45) is 3.77. The van der Waals surface area contributed by atoms with Gasteiger partial charge in [-0.15, -0.1) is 0 Å². The Kier molecular flexibility index (Phi) is 5.46. The van der Waals surface area contributed by atoms with Crippen LogP contribution in [0.1, 0.15) is 45.2 Å². The first-order valence-electron chi connectivity index (χ1n) is 7.63. The van der Waals surface area contributed by atoms with E-state index in [0.29, 0.717) is 17.7 Å². The number of nitrogens with one attached hydrogen (secondary N) is 2. The average Bonchev–Trinajstić information content (AvgIpc) is 2.57. The molecule has 2 rings (SSSR count). The third-order valence-electron chi connectivity index (χ3n) is 3.65. The summed E-state index contributed by atoms with van der Waals surface area (Å²) in [5, 5.41) is 5.64. The molecule has 1 heterocycles. The van der Waals surface area contributed by atoms with E-state index in [-0.39, 0.29) is 11.8 Å². The van der Waals surface area contributed by atoms with E-state index >= 15 is 0 Å². The predicted octanol–water partition coefficient (Wildman–Crippen LogP) is 3.09. The van der Waals surface area contributed by atoms with Gasteiger partial charge in [-0.25, -0.2) is 0 Å². The van der Waals surface area contributed by atoms with Crippen molar-refractivity contribution in [1.82, 2.24) is 10.3 Å². The fraction of sp³-hybridized carbons (Fsp3) is 0.278. The standard InChI is InChI=1S/C18H21N3O2/c1-4-8-20-17(22)14-9-15(11-19-10-14)18(23)21-16-7-5-6-12(2)13(16)3/h5-7,9-11H,4,8H2,1-3H3,(H,20,22)(H,21,23). The van der Waals surface area contributed by atoms with Crippen LogP contribution in [0.2, 0.25) is 0 Å². The molecule has 0 unspecified atom stereocenters. The monoisotopic (exact) mass is 311 g/mol. The van der Waals surface area contributed by atoms with Gasteiger partial charge in [-0.1, -0.05) is 19.1 Å². The summed E-state index contributed by atoms with van der Waals surface area (Å²) >= 11 is 0. The minimum absolute atomic E-state index is 0.222. The van der Waals surface area contributed by atoms with E-state index in [9.17, 15) is 9.59 Å². The van der Waals surface area contributed by atoms with E-state index in [1.165, 1.54) is 12.4 Å². The molecule has 2 amide bonds. The summed E-state index contributed by atoms with van der Waals surface area (Å²) in [6.45, 7) is 6.52. The van der Waals surface area contributed by atoms with Crippen molar-refractivity contribution < 1.29 is 9.59 Å². The van der Waals surface area contributed by atoms with Gasteiger partial charge in [0.1, 0.15) is 0 Å². The normalized spacial score (nSPS) is 10.2. The number of anilines is 1. The van der Waals surface area contributed by atoms with Gasteiger partial charge in [0.15, 0.2) is 0 Å². The number of carbonyl (C=O) groups excluding carboxylic acids is 2. The van der Waals surface area contributed by atoms with Gasteiger partial charge >= 0.3 is 0 Å². The van der Waals surface area contributed by atoms with Gasteiger partial charge in [-0.05, 0) is 43.5 Å². The topological polar surface area (TPSA) is 71.1 Å². The zero-order valence-corrected chi connectivity index (χ0v) is 13.6. The van der Waals surface area contributed by atoms with Gasteiger partial charge < -0.3 is 10.6 Å². The number of pyridine rings is 1. The highest BCUT2D eigenvalue weighted by Crippen LogP contribution is 2.18. The fourth-order valence-corrected chi connectivity index (χ4v) is 2.11. The van der Waals surface area contributed by atoms with Crippen molar-refractivity contribution in [3.05, 3.63) is 58.9 Å². The average molecular weight is 311 g/mol. The van der Waals surface area contributed by atoms with Crippen LogP contribution in [0.15, 0.2) is 36.7 Å². The highest BCUT2D eigenvalue weighted by Gasteiger charge is 2.12. The number of aromatic nitrogens is 1. The van der Waals surface area contributed by atoms with Gasteiger partial charge in [-0.3, -0.25) is 14.6 Å². The Balaban J connectivity index is 2.16. The van der Waals surface area contributed by atoms with E-state index in [1.54, 1.807) is 6.07 Å². The number of hydrogen-bond acceptors (Lipinski definition) is 3. The number of rotatable bonds is 5. The zero-order valence-electron chi connectivity index (χ0n) is 13.6. The quantitative estimate of drug-likeness (QED) is 0.891. The molecule has 0 aliphatic carbocycles. The first kappa shape index (κ1) is 16.7. The lowest BCUT2D eigenvalue weighted by atomic mass is 10.1. The molecule has 1 aromatic heterocycles. The van der Waals surface area contributed by atoms with E-state index in [1.807, 2.05) is 39.0 Å². The number of amides is 2. The van der Waals surface area contributed by atoms with Crippen molar-refractivity contribution in [1.29, 1.82) is 0 Å². The molecule has 0 aliphatic rings. The number of aryl methyl sites for hydroxylation is 1. The molecule has 0 bridgehead atoms. The Hall–Kier alpha value is -2.69. The summed E-state index contributed by atoms with van der Waals surface area (Å²) in [7, 11) is 0. The molecule has 0 saturated carbocycles. The van der Waals surface area contributed by atoms with Gasteiger partial charge in [0.05, 0.1) is 11.1 Å². The van der Waals surface area contributed by atoms with Gasteiger partial charge in [0.2, 0.25) is 0 Å². The smallest absolute Gasteiger partial charge is 0.257 e. The van der Waals surface area contributed by atoms with Gasteiger partial charge in [-0.2, -0.15) is 0 Å². The van der Waals surface area contributed by atoms with E-state index in [2.05, 4.69) is 15.6 Å². The van der Waals surface area contributed by atoms with E-state index < -0.39 is 0 Å². The maximum atomic E-state index is 12.4. The molecular weight excluding hydrogens is 290 g/mol. The van der Waals surface area contributed by atoms with Crippen LogP contribution in [0, 0.1) is 13.8 Å². The second-order valence-corrected chi connectivity index (χ2v) is 5.42. The summed E-state index contributed by atoms with van der Waals surface area (Å²) in [4.78, 5) is 28.3. The van der Waals surface area contributed by atoms with Crippen LogP contribution in [0.25, 0.3) is 0 Å². The highest BCUT2D eigenvalue weighted by atomic mass is 16.2. The Morgan fingerprint density at radius 3 is 2.48 bits per heavy atom. The molecular formula is C18H21N3O2. The van der Waals surface area contributed by atoms with Crippen LogP contribution < -0.4 is 10.6 Å². The molecule has 2 N–H and O–H groups in total. The molecule has 120 valence electrons. The van der Waals surface area contributed by atoms with Crippen LogP contribution in [0.5, 0.6) is 0 Å². The molecule has 0 spiro atoms. The lowest BCUT2D eigenvalue weighted by Gasteiger charge is -2.11. The molecule has 1 aromatic carbocycles. The maximum absolute atomic E-state index is 12.4. The number of hydrogen-bond donors (Lipinski definition) is 2. The SMILES string of the molecule is CCCNC(=O)c1cncc(C(=O)Nc2cccc(C)c2C)c1. The van der Waals surface area contributed by atoms with Crippen molar-refractivity contribution in [2.75, 3.05) is 11.9 Å². The first-order chi connectivity index (χ1) is 11.0. The molecule has 23 heavy (non-hydrogen) atoms. The Morgan fingerprint density at radius 1 is 1.09 bits per heavy atom. The molecule has 2 aromatic rings. The highest BCUT2D eigenvalue weighted by molar-refractivity contribution is 6.06. The number of carbonyl (C=O) groups is 2. The van der Waals surface area contributed by atoms with Gasteiger partial charge in [0.25, 0.3) is 11.8 Å². The van der Waals surface area contributed by atoms with E-state index in [4.69, 9.17) is 0 Å². The lowest BCUT2D eigenvalue weighted by Crippen LogP contribution is -2.24. The third kappa shape index (κ3) is 4.16. The Bertz CT molecular complexity index is 726. The minimum Gasteiger partial charge on any atom is -0.352 e. The summed E-state index contributed by atoms with van der Waals surface area (Å²) in [5.41, 5.74) is 3.62. The van der Waals surface area contributed by atoms with Crippen LogP contribution in [0.3, 0.4) is 0 Å². The van der Waals surface area contributed by atoms with Crippen LogP contribution >= 0.6 is 0 Å². The molecule has 0 saturated heterocycles. The zero-order chi connectivity index (χ0) is 16.8. The number of nitrogens with zero attached hydrogens (tertiary/aromatic N) is 1. The summed E-state index contributed by atoms with van der Waals surface area (Å²) in [6, 6.07) is 7.29. The van der Waals surface area contributed by atoms with Crippen LogP contribution in [-0.4, -0.2) is 23.3 Å². The van der Waals surface area contributed by atoms with Gasteiger partial charge in [0, 0.05) is 24.6 Å². The summed E-state index contributed by atoms with van der Waals surface area (Å²) in [5.74, 6) is -0.503. The predicted molar refractivity (Wildman–Crippen MR) is 90.7 cm³/mol. The van der Waals surface area contributed by atoms with Crippen molar-refractivity contribution in [3.8, 4) is 0 Å². The second kappa shape index (κ2) is 7.54. The van der Waals surface area contributed by atoms with Crippen molar-refractivity contribution in [2.45, 2.75) is 27.2 Å². The van der Waals surface area contributed by atoms with E-state index in [0.717, 1.165) is 23.2 Å². The molecule has 5 nitrogen and oxygen atoms in total. The van der Waals surface area contributed by atoms with Crippen LogP contribution in [0.4, 0.5) is 5.69 Å². The summed E-state index contributed by atoms with van der Waals surface area (Å²) < 4.78 is 0. The third-order valence-corrected chi connectivity index (χ3v) is 3.65. The Morgan fingerprint density at radius 2 is 1.78 bits per heavy atom. The fourth-order valence-electron chi connectivity index (χ4n) is 2.11. The van der Waals surface area contributed by atoms with Crippen molar-refractivity contribution >= 4 is 17.5 Å². The van der Waals surface area contributed by atoms with Crippen LogP contribution in [-0.2, 0) is 0 Å². The molecule has 0 fully saturated rings.